The second kappa shape index (κ2) is 2.34. The summed E-state index contributed by atoms with van der Waals surface area (Å²) >= 11 is 0. The predicted octanol–water partition coefficient (Wildman–Crippen LogP) is 1.95. The molecule has 0 atom stereocenters. The summed E-state index contributed by atoms with van der Waals surface area (Å²) in [4.78, 5) is 0. The zero-order chi connectivity index (χ0) is 8.55. The highest BCUT2D eigenvalue weighted by molar-refractivity contribution is 5.52. The van der Waals surface area contributed by atoms with E-state index < -0.39 is 0 Å². The second-order valence-electron chi connectivity index (χ2n) is 2.31. The van der Waals surface area contributed by atoms with Crippen molar-refractivity contribution in [3.8, 4) is 23.2 Å². The minimum Gasteiger partial charge on any atom is -0.505 e. The number of hydrogen-bond donors (Lipinski definition) is 2. The maximum Gasteiger partial charge on any atom is 0.282 e. The molecule has 2 N–H and O–H groups in total. The van der Waals surface area contributed by atoms with Gasteiger partial charge in [-0.05, 0) is 6.07 Å². The minimum atomic E-state index is -0.180. The molecule has 0 radical (unpaired) electrons. The van der Waals surface area contributed by atoms with Crippen LogP contribution in [0.2, 0.25) is 0 Å². The highest BCUT2D eigenvalue weighted by atomic mass is 16.5. The molecule has 0 aromatic carbocycles. The van der Waals surface area contributed by atoms with Crippen molar-refractivity contribution in [2.45, 2.75) is 0 Å². The summed E-state index contributed by atoms with van der Waals surface area (Å²) in [6.45, 7) is 0. The molecule has 0 aliphatic carbocycles. The standard InChI is InChI=1S/C8H6O4/c9-5-3-7(11-4-5)6-1-2-8(10)12-6/h1-4,9-10H. The molecule has 4 heteroatoms. The normalized spacial score (nSPS) is 10.3. The van der Waals surface area contributed by atoms with Crippen molar-refractivity contribution in [3.05, 3.63) is 24.5 Å². The van der Waals surface area contributed by atoms with Crippen LogP contribution in [0.4, 0.5) is 0 Å². The molecule has 2 rings (SSSR count). The smallest absolute Gasteiger partial charge is 0.282 e. The Morgan fingerprint density at radius 3 is 2.42 bits per heavy atom. The van der Waals surface area contributed by atoms with E-state index in [-0.39, 0.29) is 11.7 Å². The largest absolute Gasteiger partial charge is 0.505 e. The first kappa shape index (κ1) is 6.84. The van der Waals surface area contributed by atoms with Crippen LogP contribution >= 0.6 is 0 Å². The van der Waals surface area contributed by atoms with Gasteiger partial charge in [0, 0.05) is 12.1 Å². The molecule has 0 spiro atoms. The third-order valence-corrected chi connectivity index (χ3v) is 1.42. The highest BCUT2D eigenvalue weighted by Gasteiger charge is 2.07. The Morgan fingerprint density at radius 1 is 1.08 bits per heavy atom. The van der Waals surface area contributed by atoms with Crippen molar-refractivity contribution in [1.82, 2.24) is 0 Å². The van der Waals surface area contributed by atoms with Crippen molar-refractivity contribution >= 4 is 0 Å². The molecule has 0 aliphatic rings. The lowest BCUT2D eigenvalue weighted by Crippen LogP contribution is -1.62. The summed E-state index contributed by atoms with van der Waals surface area (Å²) in [5.74, 6) is 0.613. The first-order valence-electron chi connectivity index (χ1n) is 3.32. The molecule has 2 heterocycles. The molecule has 2 aromatic rings. The van der Waals surface area contributed by atoms with E-state index in [1.807, 2.05) is 0 Å². The first-order valence-corrected chi connectivity index (χ1v) is 3.32. The van der Waals surface area contributed by atoms with Crippen molar-refractivity contribution in [2.75, 3.05) is 0 Å². The van der Waals surface area contributed by atoms with E-state index in [9.17, 15) is 0 Å². The van der Waals surface area contributed by atoms with Crippen LogP contribution in [0, 0.1) is 0 Å². The van der Waals surface area contributed by atoms with Gasteiger partial charge < -0.3 is 19.0 Å². The van der Waals surface area contributed by atoms with E-state index in [0.717, 1.165) is 0 Å². The Bertz CT molecular complexity index is 347. The van der Waals surface area contributed by atoms with Crippen LogP contribution in [0.5, 0.6) is 11.7 Å². The average molecular weight is 166 g/mol. The summed E-state index contributed by atoms with van der Waals surface area (Å²) in [7, 11) is 0. The van der Waals surface area contributed by atoms with E-state index >= 15 is 0 Å². The summed E-state index contributed by atoms with van der Waals surface area (Å²) in [6, 6.07) is 4.35. The highest BCUT2D eigenvalue weighted by Crippen LogP contribution is 2.28. The lowest BCUT2D eigenvalue weighted by atomic mass is 10.3. The Labute approximate surface area is 67.7 Å². The molecule has 0 fully saturated rings. The lowest BCUT2D eigenvalue weighted by molar-refractivity contribution is 0.334. The van der Waals surface area contributed by atoms with E-state index in [1.54, 1.807) is 6.07 Å². The average Bonchev–Trinajstić information content (AvgIpc) is 2.58. The molecule has 62 valence electrons. The monoisotopic (exact) mass is 166 g/mol. The van der Waals surface area contributed by atoms with Crippen LogP contribution in [0.3, 0.4) is 0 Å². The van der Waals surface area contributed by atoms with Crippen molar-refractivity contribution in [1.29, 1.82) is 0 Å². The Hall–Kier alpha value is -1.84. The molecular formula is C8H6O4. The van der Waals surface area contributed by atoms with Gasteiger partial charge in [-0.2, -0.15) is 0 Å². The maximum atomic E-state index is 8.92. The van der Waals surface area contributed by atoms with E-state index in [2.05, 4.69) is 0 Å². The third kappa shape index (κ3) is 1.03. The molecule has 0 saturated carbocycles. The van der Waals surface area contributed by atoms with Crippen molar-refractivity contribution in [2.24, 2.45) is 0 Å². The zero-order valence-corrected chi connectivity index (χ0v) is 6.02. The van der Waals surface area contributed by atoms with Gasteiger partial charge in [0.15, 0.2) is 17.3 Å². The molecule has 4 nitrogen and oxygen atoms in total. The summed E-state index contributed by atoms with van der Waals surface area (Å²) in [5, 5.41) is 17.8. The first-order chi connectivity index (χ1) is 5.75. The topological polar surface area (TPSA) is 66.7 Å². The van der Waals surface area contributed by atoms with Gasteiger partial charge in [-0.1, -0.05) is 0 Å². The fourth-order valence-corrected chi connectivity index (χ4v) is 0.916. The molecular weight excluding hydrogens is 160 g/mol. The molecule has 0 bridgehead atoms. The maximum absolute atomic E-state index is 8.92. The van der Waals surface area contributed by atoms with Crippen LogP contribution in [-0.4, -0.2) is 10.2 Å². The number of furan rings is 2. The van der Waals surface area contributed by atoms with Gasteiger partial charge in [0.25, 0.3) is 5.95 Å². The van der Waals surface area contributed by atoms with E-state index in [1.165, 1.54) is 18.4 Å². The van der Waals surface area contributed by atoms with Gasteiger partial charge in [-0.25, -0.2) is 0 Å². The molecule has 0 aliphatic heterocycles. The van der Waals surface area contributed by atoms with Crippen LogP contribution in [-0.2, 0) is 0 Å². The number of aromatic hydroxyl groups is 2. The lowest BCUT2D eigenvalue weighted by Gasteiger charge is -1.85. The summed E-state index contributed by atoms with van der Waals surface area (Å²) < 4.78 is 9.74. The van der Waals surface area contributed by atoms with Crippen LogP contribution < -0.4 is 0 Å². The van der Waals surface area contributed by atoms with Gasteiger partial charge in [0.1, 0.15) is 6.26 Å². The van der Waals surface area contributed by atoms with E-state index in [0.29, 0.717) is 11.5 Å². The van der Waals surface area contributed by atoms with Gasteiger partial charge in [-0.3, -0.25) is 0 Å². The molecule has 0 unspecified atom stereocenters. The number of hydrogen-bond acceptors (Lipinski definition) is 4. The molecule has 2 aromatic heterocycles. The van der Waals surface area contributed by atoms with Crippen molar-refractivity contribution < 1.29 is 19.0 Å². The van der Waals surface area contributed by atoms with Crippen molar-refractivity contribution in [3.63, 3.8) is 0 Å². The summed E-state index contributed by atoms with van der Waals surface area (Å²) in [5.41, 5.74) is 0. The SMILES string of the molecule is Oc1coc(-c2ccc(O)o2)c1. The van der Waals surface area contributed by atoms with E-state index in [4.69, 9.17) is 19.0 Å². The van der Waals surface area contributed by atoms with Gasteiger partial charge in [0.05, 0.1) is 0 Å². The predicted molar refractivity (Wildman–Crippen MR) is 39.7 cm³/mol. The van der Waals surface area contributed by atoms with Gasteiger partial charge >= 0.3 is 0 Å². The fourth-order valence-electron chi connectivity index (χ4n) is 0.916. The Morgan fingerprint density at radius 2 is 1.92 bits per heavy atom. The minimum absolute atomic E-state index is 0.0286. The number of rotatable bonds is 1. The Balaban J connectivity index is 2.43. The van der Waals surface area contributed by atoms with Crippen LogP contribution in [0.25, 0.3) is 11.5 Å². The second-order valence-corrected chi connectivity index (χ2v) is 2.31. The fraction of sp³-hybridized carbons (Fsp3) is 0. The van der Waals surface area contributed by atoms with Gasteiger partial charge in [0.2, 0.25) is 0 Å². The molecule has 0 saturated heterocycles. The van der Waals surface area contributed by atoms with Crippen LogP contribution in [0.15, 0.2) is 33.3 Å². The summed E-state index contributed by atoms with van der Waals surface area (Å²) in [6.07, 6.45) is 1.19. The Kier molecular flexibility index (Phi) is 1.33. The zero-order valence-electron chi connectivity index (χ0n) is 6.02. The van der Waals surface area contributed by atoms with Gasteiger partial charge in [-0.15, -0.1) is 0 Å². The molecule has 12 heavy (non-hydrogen) atoms. The quantitative estimate of drug-likeness (QED) is 0.679. The van der Waals surface area contributed by atoms with Crippen LogP contribution in [0.1, 0.15) is 0 Å². The third-order valence-electron chi connectivity index (χ3n) is 1.42. The molecule has 0 amide bonds.